The molecule has 2 aliphatic rings. The van der Waals surface area contributed by atoms with Crippen molar-refractivity contribution >= 4 is 21.6 Å². The first-order valence-electron chi connectivity index (χ1n) is 9.76. The monoisotopic (exact) mass is 405 g/mol. The van der Waals surface area contributed by atoms with Gasteiger partial charge in [-0.05, 0) is 36.0 Å². The molecule has 0 radical (unpaired) electrons. The van der Waals surface area contributed by atoms with E-state index in [1.165, 1.54) is 16.9 Å². The molecule has 152 valence electrons. The van der Waals surface area contributed by atoms with Gasteiger partial charge in [-0.15, -0.1) is 5.10 Å². The lowest BCUT2D eigenvalue weighted by Gasteiger charge is -2.37. The third kappa shape index (κ3) is 4.07. The highest BCUT2D eigenvalue weighted by Crippen LogP contribution is 2.35. The molecule has 3 heterocycles. The Bertz CT molecular complexity index is 807. The average Bonchev–Trinajstić information content (AvgIpc) is 3.36. The Hall–Kier alpha value is -1.94. The predicted molar refractivity (Wildman–Crippen MR) is 108 cm³/mol. The maximum Gasteiger partial charge on any atom is 0.306 e. The Morgan fingerprint density at radius 1 is 1.11 bits per heavy atom. The van der Waals surface area contributed by atoms with Crippen molar-refractivity contribution in [1.82, 2.24) is 15.1 Å². The Kier molecular flexibility index (Phi) is 5.68. The van der Waals surface area contributed by atoms with Gasteiger partial charge < -0.3 is 24.6 Å². The molecule has 0 amide bonds. The van der Waals surface area contributed by atoms with Gasteiger partial charge in [-0.2, -0.15) is 0 Å². The minimum Gasteiger partial charge on any atom is -0.627 e. The molecule has 2 atom stereocenters. The first-order valence-corrected chi connectivity index (χ1v) is 10.6. The lowest BCUT2D eigenvalue weighted by atomic mass is 10.1. The van der Waals surface area contributed by atoms with Gasteiger partial charge in [0.1, 0.15) is 0 Å². The lowest BCUT2D eigenvalue weighted by Crippen LogP contribution is -3.02. The Morgan fingerprint density at radius 2 is 1.86 bits per heavy atom. The van der Waals surface area contributed by atoms with E-state index in [1.54, 1.807) is 0 Å². The van der Waals surface area contributed by atoms with Crippen molar-refractivity contribution in [3.8, 4) is 11.5 Å². The highest BCUT2D eigenvalue weighted by molar-refractivity contribution is 7.18. The van der Waals surface area contributed by atoms with E-state index in [0.29, 0.717) is 30.4 Å². The van der Waals surface area contributed by atoms with Crippen LogP contribution < -0.4 is 19.4 Å². The second kappa shape index (κ2) is 8.20. The van der Waals surface area contributed by atoms with Crippen LogP contribution in [0.1, 0.15) is 32.4 Å². The van der Waals surface area contributed by atoms with Crippen LogP contribution in [0.2, 0.25) is 0 Å². The molecule has 0 aliphatic carbocycles. The van der Waals surface area contributed by atoms with E-state index in [2.05, 4.69) is 39.1 Å². The number of nitrogens with zero attached hydrogens (tertiary/aromatic N) is 4. The highest BCUT2D eigenvalue weighted by atomic mass is 32.1. The van der Waals surface area contributed by atoms with E-state index >= 15 is 0 Å². The fourth-order valence-electron chi connectivity index (χ4n) is 3.60. The van der Waals surface area contributed by atoms with E-state index in [9.17, 15) is 5.21 Å². The van der Waals surface area contributed by atoms with Crippen LogP contribution >= 0.6 is 11.3 Å². The van der Waals surface area contributed by atoms with Crippen molar-refractivity contribution in [3.05, 3.63) is 29.0 Å². The highest BCUT2D eigenvalue weighted by Gasteiger charge is 2.26. The minimum atomic E-state index is 0.0915. The fraction of sp³-hybridized carbons (Fsp3) is 0.579. The van der Waals surface area contributed by atoms with Crippen molar-refractivity contribution in [2.75, 3.05) is 44.4 Å². The van der Waals surface area contributed by atoms with Crippen LogP contribution in [0, 0.1) is 11.1 Å². The molecule has 8 nitrogen and oxygen atoms in total. The van der Waals surface area contributed by atoms with Crippen LogP contribution in [0.4, 0.5) is 10.3 Å². The molecule has 1 fully saturated rings. The Balaban J connectivity index is 1.35. The molecular formula is C19H27N5O3S. The zero-order chi connectivity index (χ0) is 19.7. The molecule has 4 rings (SSSR count). The molecule has 1 aromatic carbocycles. The van der Waals surface area contributed by atoms with Crippen molar-refractivity contribution in [3.63, 3.8) is 0 Å². The number of fused-ring (bicyclic) bond motifs is 1. The largest absolute Gasteiger partial charge is 0.627 e. The molecule has 0 saturated carbocycles. The summed E-state index contributed by atoms with van der Waals surface area (Å²) in [4.78, 5) is 4.69. The first-order chi connectivity index (χ1) is 13.5. The number of quaternary nitrogens is 1. The fourth-order valence-corrected chi connectivity index (χ4v) is 4.44. The molecule has 1 aromatic heterocycles. The summed E-state index contributed by atoms with van der Waals surface area (Å²) >= 11 is 1.41. The summed E-state index contributed by atoms with van der Waals surface area (Å²) in [6.07, 6.45) is 0. The molecule has 0 bridgehead atoms. The van der Waals surface area contributed by atoms with Crippen molar-refractivity contribution < 1.29 is 14.5 Å². The van der Waals surface area contributed by atoms with Crippen LogP contribution in [0.5, 0.6) is 11.5 Å². The predicted octanol–water partition coefficient (Wildman–Crippen LogP) is 1.82. The summed E-state index contributed by atoms with van der Waals surface area (Å²) in [6, 6.07) is 6.48. The zero-order valence-corrected chi connectivity index (χ0v) is 17.4. The maximum absolute atomic E-state index is 12.2. The molecule has 28 heavy (non-hydrogen) atoms. The summed E-state index contributed by atoms with van der Waals surface area (Å²) < 4.78 is 10.9. The number of aromatic nitrogens is 2. The van der Waals surface area contributed by atoms with Crippen molar-refractivity contribution in [1.29, 1.82) is 0 Å². The maximum atomic E-state index is 12.2. The summed E-state index contributed by atoms with van der Waals surface area (Å²) in [5.41, 5.74) is 1.23. The quantitative estimate of drug-likeness (QED) is 0.735. The summed E-state index contributed by atoms with van der Waals surface area (Å²) in [6.45, 7) is 10.8. The standard InChI is InChI=1S/C19H27N5O3S/c1-13(2)11-24(25)19-21-20-18(28-19)23-8-6-22(7-9-23)14(3)15-4-5-16-17(10-15)27-12-26-16/h4-5,10,13-14,24H,6-9,11-12H2,1-3H3. The van der Waals surface area contributed by atoms with E-state index in [-0.39, 0.29) is 5.06 Å². The van der Waals surface area contributed by atoms with Gasteiger partial charge in [-0.3, -0.25) is 4.90 Å². The number of rotatable bonds is 6. The number of benzene rings is 1. The van der Waals surface area contributed by atoms with Crippen LogP contribution in [0.15, 0.2) is 18.2 Å². The molecule has 2 unspecified atom stereocenters. The third-order valence-corrected chi connectivity index (χ3v) is 6.28. The van der Waals surface area contributed by atoms with Gasteiger partial charge in [0.2, 0.25) is 11.9 Å². The third-order valence-electron chi connectivity index (χ3n) is 5.26. The van der Waals surface area contributed by atoms with Gasteiger partial charge in [-0.25, -0.2) is 0 Å². The van der Waals surface area contributed by atoms with Gasteiger partial charge in [0.05, 0.1) is 6.54 Å². The number of hydrogen-bond donors (Lipinski definition) is 1. The summed E-state index contributed by atoms with van der Waals surface area (Å²) in [5.74, 6) is 1.98. The smallest absolute Gasteiger partial charge is 0.306 e. The van der Waals surface area contributed by atoms with Crippen LogP contribution in [-0.2, 0) is 0 Å². The Morgan fingerprint density at radius 3 is 2.61 bits per heavy atom. The second-order valence-electron chi connectivity index (χ2n) is 7.72. The molecule has 9 heteroatoms. The molecule has 1 saturated heterocycles. The molecule has 2 aliphatic heterocycles. The van der Waals surface area contributed by atoms with Gasteiger partial charge in [0.15, 0.2) is 11.5 Å². The van der Waals surface area contributed by atoms with Gasteiger partial charge in [0, 0.05) is 38.1 Å². The van der Waals surface area contributed by atoms with Gasteiger partial charge in [-0.1, -0.05) is 25.0 Å². The lowest BCUT2D eigenvalue weighted by molar-refractivity contribution is -0.780. The molecule has 1 N–H and O–H groups in total. The number of hydrogen-bond acceptors (Lipinski definition) is 8. The first kappa shape index (κ1) is 19.4. The van der Waals surface area contributed by atoms with E-state index in [4.69, 9.17) is 9.47 Å². The van der Waals surface area contributed by atoms with Gasteiger partial charge >= 0.3 is 5.13 Å². The second-order valence-corrected chi connectivity index (χ2v) is 8.68. The summed E-state index contributed by atoms with van der Waals surface area (Å²) in [5, 5.41) is 22.0. The van der Waals surface area contributed by atoms with Crippen LogP contribution in [0.25, 0.3) is 0 Å². The van der Waals surface area contributed by atoms with E-state index in [0.717, 1.165) is 42.8 Å². The number of hydroxylamine groups is 1. The molecule has 2 aromatic rings. The average molecular weight is 406 g/mol. The Labute approximate surface area is 169 Å². The van der Waals surface area contributed by atoms with Crippen molar-refractivity contribution in [2.24, 2.45) is 5.92 Å². The number of ether oxygens (including phenoxy) is 2. The van der Waals surface area contributed by atoms with Crippen molar-refractivity contribution in [2.45, 2.75) is 26.8 Å². The SMILES string of the molecule is CC(C)C[NH+]([O-])c1nnc(N2CCN(C(C)c3ccc4c(c3)OCO4)CC2)s1. The van der Waals surface area contributed by atoms with Crippen LogP contribution in [0.3, 0.4) is 0 Å². The molecular weight excluding hydrogens is 378 g/mol. The topological polar surface area (TPSA) is 78.2 Å². The number of anilines is 1. The molecule has 0 spiro atoms. The number of piperazine rings is 1. The van der Waals surface area contributed by atoms with E-state index < -0.39 is 0 Å². The summed E-state index contributed by atoms with van der Waals surface area (Å²) in [7, 11) is 0. The van der Waals surface area contributed by atoms with Crippen LogP contribution in [-0.4, -0.2) is 54.6 Å². The minimum absolute atomic E-state index is 0.0915. The number of nitrogens with one attached hydrogen (secondary N) is 1. The van der Waals surface area contributed by atoms with Gasteiger partial charge in [0.25, 0.3) is 0 Å². The normalized spacial score (nSPS) is 19.2. The zero-order valence-electron chi connectivity index (χ0n) is 16.6. The van der Waals surface area contributed by atoms with E-state index in [1.807, 2.05) is 19.9 Å².